The van der Waals surface area contributed by atoms with Crippen molar-refractivity contribution in [3.8, 4) is 27.9 Å². The fourth-order valence-electron chi connectivity index (χ4n) is 7.18. The van der Waals surface area contributed by atoms with Gasteiger partial charge in [0.05, 0.1) is 16.7 Å². The second-order valence-electron chi connectivity index (χ2n) is 12.2. The van der Waals surface area contributed by atoms with E-state index in [1.807, 2.05) is 0 Å². The van der Waals surface area contributed by atoms with E-state index >= 15 is 0 Å². The van der Waals surface area contributed by atoms with Crippen molar-refractivity contribution < 1.29 is 0 Å². The number of para-hydroxylation sites is 3. The highest BCUT2D eigenvalue weighted by Crippen LogP contribution is 2.40. The van der Waals surface area contributed by atoms with Gasteiger partial charge in [-0.05, 0) is 82.2 Å². The Labute approximate surface area is 280 Å². The second-order valence-corrected chi connectivity index (χ2v) is 12.2. The van der Waals surface area contributed by atoms with Gasteiger partial charge in [-0.3, -0.25) is 0 Å². The third kappa shape index (κ3) is 4.74. The number of aromatic nitrogens is 1. The van der Waals surface area contributed by atoms with Gasteiger partial charge in [0.25, 0.3) is 0 Å². The molecule has 8 aromatic carbocycles. The minimum Gasteiger partial charge on any atom is -0.311 e. The topological polar surface area (TPSA) is 8.17 Å². The molecule has 1 heterocycles. The lowest BCUT2D eigenvalue weighted by atomic mass is 9.96. The van der Waals surface area contributed by atoms with Crippen LogP contribution in [0.25, 0.3) is 60.5 Å². The Balaban J connectivity index is 1.17. The molecule has 0 saturated heterocycles. The van der Waals surface area contributed by atoms with Crippen LogP contribution in [0.5, 0.6) is 0 Å². The maximum absolute atomic E-state index is 2.43. The van der Waals surface area contributed by atoms with Crippen molar-refractivity contribution in [2.45, 2.75) is 0 Å². The van der Waals surface area contributed by atoms with Crippen LogP contribution in [-0.4, -0.2) is 4.57 Å². The lowest BCUT2D eigenvalue weighted by Gasteiger charge is -2.26. The molecular formula is C46H32N2. The lowest BCUT2D eigenvalue weighted by Crippen LogP contribution is -2.09. The number of hydrogen-bond donors (Lipinski definition) is 0. The predicted octanol–water partition coefficient (Wildman–Crippen LogP) is 12.7. The maximum atomic E-state index is 2.43. The molecule has 0 bridgehead atoms. The molecule has 0 atom stereocenters. The van der Waals surface area contributed by atoms with E-state index in [1.54, 1.807) is 0 Å². The van der Waals surface area contributed by atoms with Gasteiger partial charge in [0.2, 0.25) is 0 Å². The van der Waals surface area contributed by atoms with E-state index in [0.717, 1.165) is 17.1 Å². The summed E-state index contributed by atoms with van der Waals surface area (Å²) in [5.74, 6) is 0. The van der Waals surface area contributed by atoms with E-state index in [1.165, 1.54) is 60.5 Å². The van der Waals surface area contributed by atoms with Gasteiger partial charge in [0.1, 0.15) is 0 Å². The Morgan fingerprint density at radius 3 is 1.44 bits per heavy atom. The molecule has 0 aliphatic heterocycles. The summed E-state index contributed by atoms with van der Waals surface area (Å²) < 4.78 is 2.43. The molecule has 1 aromatic heterocycles. The molecule has 0 fully saturated rings. The quantitative estimate of drug-likeness (QED) is 0.181. The van der Waals surface area contributed by atoms with Crippen LogP contribution in [0, 0.1) is 0 Å². The number of fused-ring (bicyclic) bond motifs is 4. The molecule has 2 nitrogen and oxygen atoms in total. The van der Waals surface area contributed by atoms with Crippen molar-refractivity contribution in [3.05, 3.63) is 194 Å². The van der Waals surface area contributed by atoms with Crippen molar-refractivity contribution in [2.75, 3.05) is 4.90 Å². The van der Waals surface area contributed by atoms with Crippen LogP contribution in [0.15, 0.2) is 194 Å². The first-order chi connectivity index (χ1) is 23.8. The molecule has 0 unspecified atom stereocenters. The Bertz CT molecular complexity index is 2470. The van der Waals surface area contributed by atoms with E-state index < -0.39 is 0 Å². The highest BCUT2D eigenvalue weighted by molar-refractivity contribution is 6.12. The fraction of sp³-hybridized carbons (Fsp3) is 0. The van der Waals surface area contributed by atoms with Crippen molar-refractivity contribution >= 4 is 49.6 Å². The van der Waals surface area contributed by atoms with Gasteiger partial charge in [0.15, 0.2) is 0 Å². The number of hydrogen-bond acceptors (Lipinski definition) is 1. The smallest absolute Gasteiger partial charge is 0.0546 e. The minimum absolute atomic E-state index is 1.11. The summed E-state index contributed by atoms with van der Waals surface area (Å²) in [4.78, 5) is 2.32. The Kier molecular flexibility index (Phi) is 6.84. The highest BCUT2D eigenvalue weighted by atomic mass is 15.1. The minimum atomic E-state index is 1.11. The van der Waals surface area contributed by atoms with Crippen molar-refractivity contribution in [1.82, 2.24) is 4.57 Å². The zero-order valence-electron chi connectivity index (χ0n) is 26.4. The Morgan fingerprint density at radius 1 is 0.333 bits per heavy atom. The molecule has 48 heavy (non-hydrogen) atoms. The van der Waals surface area contributed by atoms with E-state index in [2.05, 4.69) is 204 Å². The molecule has 2 heteroatoms. The average Bonchev–Trinajstić information content (AvgIpc) is 3.50. The first kappa shape index (κ1) is 27.9. The van der Waals surface area contributed by atoms with Crippen LogP contribution < -0.4 is 4.90 Å². The zero-order chi connectivity index (χ0) is 31.9. The molecule has 0 radical (unpaired) electrons. The van der Waals surface area contributed by atoms with Crippen molar-refractivity contribution in [3.63, 3.8) is 0 Å². The number of benzene rings is 8. The summed E-state index contributed by atoms with van der Waals surface area (Å²) in [7, 11) is 0. The summed E-state index contributed by atoms with van der Waals surface area (Å²) in [6.45, 7) is 0. The third-order valence-corrected chi connectivity index (χ3v) is 9.39. The maximum Gasteiger partial charge on any atom is 0.0546 e. The molecule has 0 aliphatic carbocycles. The van der Waals surface area contributed by atoms with Crippen LogP contribution >= 0.6 is 0 Å². The van der Waals surface area contributed by atoms with Crippen molar-refractivity contribution in [1.29, 1.82) is 0 Å². The monoisotopic (exact) mass is 612 g/mol. The van der Waals surface area contributed by atoms with Gasteiger partial charge in [-0.25, -0.2) is 0 Å². The van der Waals surface area contributed by atoms with Crippen molar-refractivity contribution in [2.24, 2.45) is 0 Å². The first-order valence-corrected chi connectivity index (χ1v) is 16.4. The predicted molar refractivity (Wildman–Crippen MR) is 204 cm³/mol. The number of nitrogens with zero attached hydrogens (tertiary/aromatic N) is 2. The van der Waals surface area contributed by atoms with Gasteiger partial charge < -0.3 is 9.47 Å². The summed E-state index contributed by atoms with van der Waals surface area (Å²) in [5.41, 5.74) is 11.8. The van der Waals surface area contributed by atoms with E-state index in [-0.39, 0.29) is 0 Å². The van der Waals surface area contributed by atoms with E-state index in [0.29, 0.717) is 0 Å². The fourth-order valence-corrected chi connectivity index (χ4v) is 7.18. The van der Waals surface area contributed by atoms with Crippen LogP contribution in [0.3, 0.4) is 0 Å². The largest absolute Gasteiger partial charge is 0.311 e. The summed E-state index contributed by atoms with van der Waals surface area (Å²) in [6, 6.07) is 69.8. The molecule has 9 aromatic rings. The molecule has 9 rings (SSSR count). The molecule has 226 valence electrons. The van der Waals surface area contributed by atoms with E-state index in [4.69, 9.17) is 0 Å². The Hall–Kier alpha value is -6.38. The van der Waals surface area contributed by atoms with Crippen LogP contribution in [0.1, 0.15) is 0 Å². The second kappa shape index (κ2) is 11.8. The standard InChI is InChI=1S/C46H32N2/c1-3-13-33(14-4-1)34-25-29-38(30-26-34)47(37-17-5-2-6-18-37)39-31-27-35(28-32-39)40-21-11-15-36-16-12-24-45(46(36)40)48-43-22-9-7-19-41(43)42-20-8-10-23-44(42)48/h1-32H. The van der Waals surface area contributed by atoms with Crippen LogP contribution in [0.4, 0.5) is 17.1 Å². The molecule has 0 spiro atoms. The van der Waals surface area contributed by atoms with Crippen LogP contribution in [-0.2, 0) is 0 Å². The number of anilines is 3. The summed E-state index contributed by atoms with van der Waals surface area (Å²) >= 11 is 0. The normalized spacial score (nSPS) is 11.3. The van der Waals surface area contributed by atoms with Gasteiger partial charge in [-0.2, -0.15) is 0 Å². The molecule has 0 aliphatic rings. The molecular weight excluding hydrogens is 581 g/mol. The summed E-state index contributed by atoms with van der Waals surface area (Å²) in [6.07, 6.45) is 0. The van der Waals surface area contributed by atoms with Gasteiger partial charge in [-0.15, -0.1) is 0 Å². The lowest BCUT2D eigenvalue weighted by molar-refractivity contribution is 1.20. The first-order valence-electron chi connectivity index (χ1n) is 16.4. The van der Waals surface area contributed by atoms with Crippen LogP contribution in [0.2, 0.25) is 0 Å². The van der Waals surface area contributed by atoms with Gasteiger partial charge >= 0.3 is 0 Å². The van der Waals surface area contributed by atoms with Gasteiger partial charge in [-0.1, -0.05) is 140 Å². The zero-order valence-corrected chi connectivity index (χ0v) is 26.4. The SMILES string of the molecule is c1ccc(-c2ccc(N(c3ccccc3)c3ccc(-c4cccc5cccc(-n6c7ccccc7c7ccccc76)c45)cc3)cc2)cc1. The third-order valence-electron chi connectivity index (χ3n) is 9.39. The molecule has 0 saturated carbocycles. The molecule has 0 amide bonds. The summed E-state index contributed by atoms with van der Waals surface area (Å²) in [5, 5.41) is 5.01. The Morgan fingerprint density at radius 2 is 0.812 bits per heavy atom. The number of rotatable bonds is 6. The van der Waals surface area contributed by atoms with E-state index in [9.17, 15) is 0 Å². The average molecular weight is 613 g/mol. The highest BCUT2D eigenvalue weighted by Gasteiger charge is 2.17. The molecule has 0 N–H and O–H groups in total. The van der Waals surface area contributed by atoms with Gasteiger partial charge in [0, 0.05) is 33.2 Å².